The second kappa shape index (κ2) is 6.84. The molecule has 21 heavy (non-hydrogen) atoms. The van der Waals surface area contributed by atoms with E-state index in [4.69, 9.17) is 28.9 Å². The van der Waals surface area contributed by atoms with Crippen molar-refractivity contribution in [3.05, 3.63) is 45.1 Å². The number of anilines is 1. The number of benzene rings is 1. The third-order valence-corrected chi connectivity index (χ3v) is 4.00. The molecular formula is C15H16Cl2N4. The van der Waals surface area contributed by atoms with E-state index < -0.39 is 0 Å². The van der Waals surface area contributed by atoms with Crippen LogP contribution in [0.15, 0.2) is 18.2 Å². The van der Waals surface area contributed by atoms with Gasteiger partial charge in [0.15, 0.2) is 0 Å². The number of aromatic nitrogens is 2. The predicted octanol–water partition coefficient (Wildman–Crippen LogP) is 4.03. The smallest absolute Gasteiger partial charge is 0.140 e. The minimum Gasteiger partial charge on any atom is -0.383 e. The standard InChI is InChI=1S/C15H16Cl2N4/c1-2-3-4-14-11(8-18)15(19)21(20-14)9-10-5-6-12(16)13(17)7-10/h5-7H,2-4,9,19H2,1H3. The molecule has 110 valence electrons. The van der Waals surface area contributed by atoms with Crippen molar-refractivity contribution in [2.24, 2.45) is 0 Å². The normalized spacial score (nSPS) is 10.6. The molecule has 1 aromatic heterocycles. The number of hydrogen-bond donors (Lipinski definition) is 1. The minimum absolute atomic E-state index is 0.398. The van der Waals surface area contributed by atoms with Crippen LogP contribution in [0.2, 0.25) is 10.0 Å². The first-order valence-corrected chi connectivity index (χ1v) is 7.51. The monoisotopic (exact) mass is 322 g/mol. The van der Waals surface area contributed by atoms with E-state index in [0.29, 0.717) is 28.0 Å². The van der Waals surface area contributed by atoms with Crippen LogP contribution in [0.1, 0.15) is 36.6 Å². The fourth-order valence-corrected chi connectivity index (χ4v) is 2.42. The van der Waals surface area contributed by atoms with E-state index in [1.807, 2.05) is 6.07 Å². The van der Waals surface area contributed by atoms with E-state index in [2.05, 4.69) is 18.1 Å². The quantitative estimate of drug-likeness (QED) is 0.903. The van der Waals surface area contributed by atoms with Crippen LogP contribution in [0.5, 0.6) is 0 Å². The Morgan fingerprint density at radius 1 is 1.33 bits per heavy atom. The van der Waals surface area contributed by atoms with Gasteiger partial charge in [0.1, 0.15) is 17.5 Å². The van der Waals surface area contributed by atoms with Gasteiger partial charge in [-0.3, -0.25) is 0 Å². The molecule has 0 spiro atoms. The number of nitrogen functional groups attached to an aromatic ring is 1. The summed E-state index contributed by atoms with van der Waals surface area (Å²) in [7, 11) is 0. The molecule has 2 N–H and O–H groups in total. The summed E-state index contributed by atoms with van der Waals surface area (Å²) in [6.07, 6.45) is 2.79. The lowest BCUT2D eigenvalue weighted by molar-refractivity contribution is 0.668. The third-order valence-electron chi connectivity index (χ3n) is 3.26. The van der Waals surface area contributed by atoms with E-state index in [9.17, 15) is 5.26 Å². The van der Waals surface area contributed by atoms with Gasteiger partial charge in [0.05, 0.1) is 22.3 Å². The Morgan fingerprint density at radius 2 is 2.10 bits per heavy atom. The highest BCUT2D eigenvalue weighted by molar-refractivity contribution is 6.42. The summed E-state index contributed by atoms with van der Waals surface area (Å²) in [5.74, 6) is 0.398. The Balaban J connectivity index is 2.29. The second-order valence-electron chi connectivity index (χ2n) is 4.83. The van der Waals surface area contributed by atoms with Gasteiger partial charge in [-0.2, -0.15) is 10.4 Å². The van der Waals surface area contributed by atoms with Gasteiger partial charge in [0, 0.05) is 0 Å². The second-order valence-corrected chi connectivity index (χ2v) is 5.64. The number of nitrogens with two attached hydrogens (primary N) is 1. The van der Waals surface area contributed by atoms with Gasteiger partial charge in [-0.15, -0.1) is 0 Å². The minimum atomic E-state index is 0.398. The van der Waals surface area contributed by atoms with Crippen molar-refractivity contribution in [1.29, 1.82) is 5.26 Å². The topological polar surface area (TPSA) is 67.6 Å². The van der Waals surface area contributed by atoms with Crippen LogP contribution in [-0.2, 0) is 13.0 Å². The summed E-state index contributed by atoms with van der Waals surface area (Å²) in [4.78, 5) is 0. The Bertz CT molecular complexity index is 686. The molecule has 0 aliphatic carbocycles. The zero-order valence-electron chi connectivity index (χ0n) is 11.7. The zero-order valence-corrected chi connectivity index (χ0v) is 13.2. The molecule has 1 aromatic carbocycles. The Hall–Kier alpha value is -1.70. The number of aryl methyl sites for hydroxylation is 1. The first kappa shape index (κ1) is 15.7. The molecule has 0 saturated heterocycles. The van der Waals surface area contributed by atoms with Crippen molar-refractivity contribution in [3.63, 3.8) is 0 Å². The van der Waals surface area contributed by atoms with Crippen LogP contribution < -0.4 is 5.73 Å². The van der Waals surface area contributed by atoms with E-state index in [0.717, 1.165) is 30.5 Å². The first-order chi connectivity index (χ1) is 10.1. The lowest BCUT2D eigenvalue weighted by Crippen LogP contribution is -2.06. The molecule has 0 aliphatic heterocycles. The van der Waals surface area contributed by atoms with Crippen LogP contribution in [0, 0.1) is 11.3 Å². The lowest BCUT2D eigenvalue weighted by Gasteiger charge is -2.05. The van der Waals surface area contributed by atoms with Crippen molar-refractivity contribution < 1.29 is 0 Å². The molecule has 0 aliphatic rings. The van der Waals surface area contributed by atoms with Crippen molar-refractivity contribution in [1.82, 2.24) is 9.78 Å². The molecule has 6 heteroatoms. The fraction of sp³-hybridized carbons (Fsp3) is 0.333. The largest absolute Gasteiger partial charge is 0.383 e. The molecule has 0 fully saturated rings. The third kappa shape index (κ3) is 3.49. The maximum absolute atomic E-state index is 9.24. The highest BCUT2D eigenvalue weighted by atomic mass is 35.5. The molecule has 0 radical (unpaired) electrons. The van der Waals surface area contributed by atoms with Crippen molar-refractivity contribution >= 4 is 29.0 Å². The summed E-state index contributed by atoms with van der Waals surface area (Å²) in [5, 5.41) is 14.7. The maximum Gasteiger partial charge on any atom is 0.140 e. The highest BCUT2D eigenvalue weighted by Crippen LogP contribution is 2.24. The number of unbranched alkanes of at least 4 members (excludes halogenated alkanes) is 1. The number of rotatable bonds is 5. The summed E-state index contributed by atoms with van der Waals surface area (Å²) >= 11 is 11.9. The van der Waals surface area contributed by atoms with Crippen LogP contribution >= 0.6 is 23.2 Å². The van der Waals surface area contributed by atoms with Gasteiger partial charge in [0.25, 0.3) is 0 Å². The van der Waals surface area contributed by atoms with Crippen molar-refractivity contribution in [3.8, 4) is 6.07 Å². The van der Waals surface area contributed by atoms with E-state index in [1.165, 1.54) is 0 Å². The first-order valence-electron chi connectivity index (χ1n) is 6.76. The van der Waals surface area contributed by atoms with Gasteiger partial charge < -0.3 is 5.73 Å². The summed E-state index contributed by atoms with van der Waals surface area (Å²) < 4.78 is 1.64. The lowest BCUT2D eigenvalue weighted by atomic mass is 10.1. The van der Waals surface area contributed by atoms with E-state index in [-0.39, 0.29) is 0 Å². The summed E-state index contributed by atoms with van der Waals surface area (Å²) in [6.45, 7) is 2.56. The molecule has 2 rings (SSSR count). The Labute approximate surface area is 134 Å². The van der Waals surface area contributed by atoms with Crippen LogP contribution in [-0.4, -0.2) is 9.78 Å². The Morgan fingerprint density at radius 3 is 2.71 bits per heavy atom. The number of halogens is 2. The average molecular weight is 323 g/mol. The van der Waals surface area contributed by atoms with Crippen LogP contribution in [0.25, 0.3) is 0 Å². The van der Waals surface area contributed by atoms with Gasteiger partial charge in [-0.25, -0.2) is 4.68 Å². The van der Waals surface area contributed by atoms with Crippen LogP contribution in [0.4, 0.5) is 5.82 Å². The highest BCUT2D eigenvalue weighted by Gasteiger charge is 2.15. The van der Waals surface area contributed by atoms with Gasteiger partial charge in [-0.1, -0.05) is 42.6 Å². The summed E-state index contributed by atoms with van der Waals surface area (Å²) in [6, 6.07) is 7.53. The molecule has 4 nitrogen and oxygen atoms in total. The zero-order chi connectivity index (χ0) is 15.4. The predicted molar refractivity (Wildman–Crippen MR) is 85.5 cm³/mol. The molecule has 0 bridgehead atoms. The molecule has 0 unspecified atom stereocenters. The molecular weight excluding hydrogens is 307 g/mol. The SMILES string of the molecule is CCCCc1nn(Cc2ccc(Cl)c(Cl)c2)c(N)c1C#N. The Kier molecular flexibility index (Phi) is 5.11. The van der Waals surface area contributed by atoms with E-state index in [1.54, 1.807) is 16.8 Å². The molecule has 0 atom stereocenters. The van der Waals surface area contributed by atoms with Gasteiger partial charge >= 0.3 is 0 Å². The number of nitrogens with zero attached hydrogens (tertiary/aromatic N) is 3. The molecule has 2 aromatic rings. The van der Waals surface area contributed by atoms with Crippen molar-refractivity contribution in [2.75, 3.05) is 5.73 Å². The van der Waals surface area contributed by atoms with E-state index >= 15 is 0 Å². The van der Waals surface area contributed by atoms with Crippen LogP contribution in [0.3, 0.4) is 0 Å². The maximum atomic E-state index is 9.24. The van der Waals surface area contributed by atoms with Gasteiger partial charge in [0.2, 0.25) is 0 Å². The molecule has 0 saturated carbocycles. The summed E-state index contributed by atoms with van der Waals surface area (Å²) in [5.41, 5.74) is 8.19. The fourth-order valence-electron chi connectivity index (χ4n) is 2.10. The molecule has 0 amide bonds. The number of hydrogen-bond acceptors (Lipinski definition) is 3. The average Bonchev–Trinajstić information content (AvgIpc) is 2.76. The van der Waals surface area contributed by atoms with Crippen molar-refractivity contribution in [2.45, 2.75) is 32.7 Å². The van der Waals surface area contributed by atoms with Gasteiger partial charge in [-0.05, 0) is 30.5 Å². The molecule has 1 heterocycles. The number of nitriles is 1.